The largest absolute Gasteiger partial charge is 0.451 e. The smallest absolute Gasteiger partial charge is 0.287 e. The minimum absolute atomic E-state index is 0.0823. The molecule has 34 heavy (non-hydrogen) atoms. The van der Waals surface area contributed by atoms with Crippen LogP contribution in [0.2, 0.25) is 0 Å². The van der Waals surface area contributed by atoms with Gasteiger partial charge in [-0.1, -0.05) is 32.0 Å². The standard InChI is InChI=1S/C24H33N3O6S/c1-5-34(31,32)27-12-8-10-18(20(28)14-27)25-23(29)19(13-15(2)3)26-24(30)22-16(4)17-9-6-7-11-21(17)33-22/h6-7,9,11,15,18-19H,5,8,10,12-14H2,1-4H3,(H,25,29)(H,26,30)/t18?,19-/m0/s1. The van der Waals surface area contributed by atoms with Crippen LogP contribution in [0.25, 0.3) is 11.0 Å². The molecule has 1 aliphatic rings. The molecule has 1 aromatic heterocycles. The Bertz CT molecular complexity index is 1170. The fourth-order valence-corrected chi connectivity index (χ4v) is 5.25. The first-order valence-electron chi connectivity index (χ1n) is 11.6. The topological polar surface area (TPSA) is 126 Å². The van der Waals surface area contributed by atoms with Crippen LogP contribution < -0.4 is 10.6 Å². The first-order valence-corrected chi connectivity index (χ1v) is 13.2. The zero-order chi connectivity index (χ0) is 25.0. The Morgan fingerprint density at radius 2 is 1.94 bits per heavy atom. The zero-order valence-electron chi connectivity index (χ0n) is 20.1. The highest BCUT2D eigenvalue weighted by molar-refractivity contribution is 7.89. The average Bonchev–Trinajstić information content (AvgIpc) is 3.01. The van der Waals surface area contributed by atoms with Crippen molar-refractivity contribution >= 4 is 38.6 Å². The second-order valence-corrected chi connectivity index (χ2v) is 11.4. The van der Waals surface area contributed by atoms with Crippen molar-refractivity contribution in [1.29, 1.82) is 0 Å². The van der Waals surface area contributed by atoms with Crippen molar-refractivity contribution in [3.8, 4) is 0 Å². The monoisotopic (exact) mass is 491 g/mol. The number of ketones is 1. The molecule has 1 unspecified atom stereocenters. The van der Waals surface area contributed by atoms with Gasteiger partial charge in [-0.15, -0.1) is 0 Å². The maximum atomic E-state index is 13.1. The molecule has 3 rings (SSSR count). The molecule has 9 nitrogen and oxygen atoms in total. The first kappa shape index (κ1) is 25.9. The van der Waals surface area contributed by atoms with Gasteiger partial charge >= 0.3 is 0 Å². The molecule has 2 aromatic rings. The van der Waals surface area contributed by atoms with Crippen molar-refractivity contribution in [2.75, 3.05) is 18.8 Å². The number of amides is 2. The van der Waals surface area contributed by atoms with E-state index in [0.717, 1.165) is 5.39 Å². The van der Waals surface area contributed by atoms with Gasteiger partial charge in [0.1, 0.15) is 11.6 Å². The quantitative estimate of drug-likeness (QED) is 0.584. The van der Waals surface area contributed by atoms with Gasteiger partial charge in [0, 0.05) is 17.5 Å². The van der Waals surface area contributed by atoms with Crippen molar-refractivity contribution in [3.63, 3.8) is 0 Å². The van der Waals surface area contributed by atoms with Gasteiger partial charge in [0.15, 0.2) is 11.5 Å². The highest BCUT2D eigenvalue weighted by Crippen LogP contribution is 2.25. The lowest BCUT2D eigenvalue weighted by Crippen LogP contribution is -2.52. The first-order chi connectivity index (χ1) is 16.0. The van der Waals surface area contributed by atoms with E-state index in [4.69, 9.17) is 4.42 Å². The number of nitrogens with zero attached hydrogens (tertiary/aromatic N) is 1. The number of carbonyl (C=O) groups is 3. The third-order valence-electron chi connectivity index (χ3n) is 6.07. The van der Waals surface area contributed by atoms with E-state index in [2.05, 4.69) is 10.6 Å². The fourth-order valence-electron chi connectivity index (χ4n) is 4.16. The third-order valence-corrected chi connectivity index (χ3v) is 7.90. The molecule has 2 amide bonds. The summed E-state index contributed by atoms with van der Waals surface area (Å²) in [5, 5.41) is 6.34. The van der Waals surface area contributed by atoms with Crippen molar-refractivity contribution < 1.29 is 27.2 Å². The Hall–Kier alpha value is -2.72. The van der Waals surface area contributed by atoms with Crippen molar-refractivity contribution in [1.82, 2.24) is 14.9 Å². The van der Waals surface area contributed by atoms with Crippen LogP contribution in [0.1, 0.15) is 56.2 Å². The van der Waals surface area contributed by atoms with Gasteiger partial charge in [-0.2, -0.15) is 4.31 Å². The van der Waals surface area contributed by atoms with E-state index < -0.39 is 33.9 Å². The van der Waals surface area contributed by atoms with Crippen LogP contribution in [0.4, 0.5) is 0 Å². The van der Waals surface area contributed by atoms with Crippen LogP contribution >= 0.6 is 0 Å². The number of rotatable bonds is 8. The van der Waals surface area contributed by atoms with Gasteiger partial charge < -0.3 is 15.1 Å². The van der Waals surface area contributed by atoms with Gasteiger partial charge in [0.05, 0.1) is 18.3 Å². The van der Waals surface area contributed by atoms with E-state index in [-0.39, 0.29) is 36.3 Å². The number of fused-ring (bicyclic) bond motifs is 1. The van der Waals surface area contributed by atoms with E-state index in [0.29, 0.717) is 30.4 Å². The molecule has 1 saturated heterocycles. The van der Waals surface area contributed by atoms with Gasteiger partial charge in [-0.25, -0.2) is 8.42 Å². The summed E-state index contributed by atoms with van der Waals surface area (Å²) in [4.78, 5) is 38.9. The average molecular weight is 492 g/mol. The maximum absolute atomic E-state index is 13.1. The van der Waals surface area contributed by atoms with Gasteiger partial charge in [-0.3, -0.25) is 14.4 Å². The van der Waals surface area contributed by atoms with E-state index in [1.165, 1.54) is 11.2 Å². The van der Waals surface area contributed by atoms with Crippen LogP contribution in [0.15, 0.2) is 28.7 Å². The molecular weight excluding hydrogens is 458 g/mol. The number of sulfonamides is 1. The second-order valence-electron chi connectivity index (χ2n) is 9.11. The maximum Gasteiger partial charge on any atom is 0.287 e. The second kappa shape index (κ2) is 10.7. The van der Waals surface area contributed by atoms with Gasteiger partial charge in [0.2, 0.25) is 15.9 Å². The van der Waals surface area contributed by atoms with E-state index in [1.54, 1.807) is 13.0 Å². The highest BCUT2D eigenvalue weighted by atomic mass is 32.2. The van der Waals surface area contributed by atoms with E-state index >= 15 is 0 Å². The zero-order valence-corrected chi connectivity index (χ0v) is 20.9. The summed E-state index contributed by atoms with van der Waals surface area (Å²) in [6, 6.07) is 5.65. The summed E-state index contributed by atoms with van der Waals surface area (Å²) >= 11 is 0. The van der Waals surface area contributed by atoms with Crippen LogP contribution in [-0.4, -0.2) is 61.2 Å². The number of furan rings is 1. The minimum atomic E-state index is -3.49. The van der Waals surface area contributed by atoms with Gasteiger partial charge in [-0.05, 0) is 45.1 Å². The van der Waals surface area contributed by atoms with E-state index in [1.807, 2.05) is 32.0 Å². The number of Topliss-reactive ketones (excluding diaryl/α,β-unsaturated/α-hetero) is 1. The molecule has 0 saturated carbocycles. The number of hydrogen-bond acceptors (Lipinski definition) is 6. The number of aryl methyl sites for hydroxylation is 1. The third kappa shape index (κ3) is 5.85. The molecule has 0 aliphatic carbocycles. The molecule has 186 valence electrons. The number of benzene rings is 1. The molecule has 0 radical (unpaired) electrons. The summed E-state index contributed by atoms with van der Waals surface area (Å²) in [6.45, 7) is 7.17. The summed E-state index contributed by atoms with van der Waals surface area (Å²) in [6.07, 6.45) is 1.16. The Morgan fingerprint density at radius 1 is 1.24 bits per heavy atom. The molecule has 1 aromatic carbocycles. The van der Waals surface area contributed by atoms with Crippen LogP contribution in [0.5, 0.6) is 0 Å². The lowest BCUT2D eigenvalue weighted by molar-refractivity contribution is -0.129. The number of para-hydroxylation sites is 1. The molecule has 1 fully saturated rings. The van der Waals surface area contributed by atoms with Crippen LogP contribution in [0.3, 0.4) is 0 Å². The van der Waals surface area contributed by atoms with Crippen LogP contribution in [0, 0.1) is 12.8 Å². The van der Waals surface area contributed by atoms with E-state index in [9.17, 15) is 22.8 Å². The van der Waals surface area contributed by atoms with Gasteiger partial charge in [0.25, 0.3) is 5.91 Å². The van der Waals surface area contributed by atoms with Crippen molar-refractivity contribution in [2.45, 2.75) is 59.0 Å². The number of nitrogens with one attached hydrogen (secondary N) is 2. The molecule has 10 heteroatoms. The highest BCUT2D eigenvalue weighted by Gasteiger charge is 2.33. The van der Waals surface area contributed by atoms with Crippen LogP contribution in [-0.2, 0) is 19.6 Å². The molecule has 2 atom stereocenters. The Morgan fingerprint density at radius 3 is 2.59 bits per heavy atom. The number of carbonyl (C=O) groups excluding carboxylic acids is 3. The predicted molar refractivity (Wildman–Crippen MR) is 129 cm³/mol. The summed E-state index contributed by atoms with van der Waals surface area (Å²) < 4.78 is 31.3. The molecule has 2 N–H and O–H groups in total. The predicted octanol–water partition coefficient (Wildman–Crippen LogP) is 2.39. The Labute approximate surface area is 200 Å². The molecule has 2 heterocycles. The Kier molecular flexibility index (Phi) is 8.14. The number of hydrogen-bond donors (Lipinski definition) is 2. The lowest BCUT2D eigenvalue weighted by atomic mass is 10.0. The Balaban J connectivity index is 1.73. The minimum Gasteiger partial charge on any atom is -0.451 e. The van der Waals surface area contributed by atoms with Crippen molar-refractivity contribution in [2.24, 2.45) is 5.92 Å². The normalized spacial score (nSPS) is 18.6. The lowest BCUT2D eigenvalue weighted by Gasteiger charge is -2.23. The SMILES string of the molecule is CCS(=O)(=O)N1CCCC(NC(=O)[C@H](CC(C)C)NC(=O)c2oc3ccccc3c2C)C(=O)C1. The molecule has 0 spiro atoms. The molecular formula is C24H33N3O6S. The van der Waals surface area contributed by atoms with Crippen molar-refractivity contribution in [3.05, 3.63) is 35.6 Å². The summed E-state index contributed by atoms with van der Waals surface area (Å²) in [5.41, 5.74) is 1.28. The summed E-state index contributed by atoms with van der Waals surface area (Å²) in [5.74, 6) is -1.16. The molecule has 1 aliphatic heterocycles. The molecule has 0 bridgehead atoms. The summed E-state index contributed by atoms with van der Waals surface area (Å²) in [7, 11) is -3.49. The fraction of sp³-hybridized carbons (Fsp3) is 0.542.